The second kappa shape index (κ2) is 9.29. The standard InChI is InChI=1S/C22H20ClN3O5S/c1-13-6-7-19(14(2)8-13)26-32(30,31)17-5-3-4-16(11-17)22(29)25-24-12-15-9-18(23)21(28)20(27)10-15/h3-12,26-28H,1-2H3,(H,25,29)/b24-12+. The summed E-state index contributed by atoms with van der Waals surface area (Å²) in [6.07, 6.45) is 1.21. The van der Waals surface area contributed by atoms with Crippen LogP contribution in [0.1, 0.15) is 27.0 Å². The lowest BCUT2D eigenvalue weighted by atomic mass is 10.1. The summed E-state index contributed by atoms with van der Waals surface area (Å²) in [5, 5.41) is 22.7. The lowest BCUT2D eigenvalue weighted by Gasteiger charge is -2.12. The Kier molecular flexibility index (Phi) is 6.71. The number of phenols is 2. The van der Waals surface area contributed by atoms with E-state index in [1.165, 1.54) is 42.6 Å². The highest BCUT2D eigenvalue weighted by molar-refractivity contribution is 7.92. The Hall–Kier alpha value is -3.56. The zero-order valence-electron chi connectivity index (χ0n) is 17.1. The number of amides is 1. The number of hydrogen-bond acceptors (Lipinski definition) is 6. The summed E-state index contributed by atoms with van der Waals surface area (Å²) in [6, 6.07) is 13.4. The van der Waals surface area contributed by atoms with E-state index < -0.39 is 27.4 Å². The quantitative estimate of drug-likeness (QED) is 0.245. The summed E-state index contributed by atoms with van der Waals surface area (Å²) in [5.74, 6) is -1.53. The van der Waals surface area contributed by atoms with Crippen LogP contribution in [0.2, 0.25) is 5.02 Å². The Labute approximate surface area is 190 Å². The summed E-state index contributed by atoms with van der Waals surface area (Å²) < 4.78 is 28.1. The Morgan fingerprint density at radius 3 is 2.50 bits per heavy atom. The smallest absolute Gasteiger partial charge is 0.271 e. The molecule has 0 unspecified atom stereocenters. The van der Waals surface area contributed by atoms with Gasteiger partial charge in [0.2, 0.25) is 0 Å². The molecule has 0 aliphatic carbocycles. The topological polar surface area (TPSA) is 128 Å². The van der Waals surface area contributed by atoms with Crippen LogP contribution in [0.3, 0.4) is 0 Å². The molecule has 0 spiro atoms. The summed E-state index contributed by atoms with van der Waals surface area (Å²) >= 11 is 5.77. The molecule has 8 nitrogen and oxygen atoms in total. The van der Waals surface area contributed by atoms with Gasteiger partial charge in [-0.25, -0.2) is 13.8 Å². The number of sulfonamides is 1. The Morgan fingerprint density at radius 1 is 1.06 bits per heavy atom. The van der Waals surface area contributed by atoms with Gasteiger partial charge in [0.15, 0.2) is 11.5 Å². The fourth-order valence-electron chi connectivity index (χ4n) is 2.85. The predicted octanol–water partition coefficient (Wildman–Crippen LogP) is 3.93. The van der Waals surface area contributed by atoms with Crippen LogP contribution in [0, 0.1) is 13.8 Å². The van der Waals surface area contributed by atoms with Gasteiger partial charge >= 0.3 is 0 Å². The number of anilines is 1. The van der Waals surface area contributed by atoms with Crippen LogP contribution >= 0.6 is 11.6 Å². The van der Waals surface area contributed by atoms with E-state index >= 15 is 0 Å². The molecule has 0 fully saturated rings. The average Bonchev–Trinajstić information content (AvgIpc) is 2.74. The highest BCUT2D eigenvalue weighted by Gasteiger charge is 2.17. The van der Waals surface area contributed by atoms with Gasteiger partial charge in [0.25, 0.3) is 15.9 Å². The number of carbonyl (C=O) groups is 1. The van der Waals surface area contributed by atoms with E-state index in [2.05, 4.69) is 15.2 Å². The van der Waals surface area contributed by atoms with Crippen molar-refractivity contribution in [2.24, 2.45) is 5.10 Å². The average molecular weight is 474 g/mol. The molecule has 0 heterocycles. The molecule has 166 valence electrons. The fraction of sp³-hybridized carbons (Fsp3) is 0.0909. The Balaban J connectivity index is 1.75. The van der Waals surface area contributed by atoms with Crippen molar-refractivity contribution in [1.82, 2.24) is 5.43 Å². The van der Waals surface area contributed by atoms with Gasteiger partial charge in [-0.05, 0) is 61.4 Å². The molecule has 32 heavy (non-hydrogen) atoms. The van der Waals surface area contributed by atoms with Gasteiger partial charge in [-0.1, -0.05) is 35.4 Å². The van der Waals surface area contributed by atoms with E-state index in [4.69, 9.17) is 11.6 Å². The fourth-order valence-corrected chi connectivity index (χ4v) is 4.24. The van der Waals surface area contributed by atoms with Gasteiger partial charge < -0.3 is 10.2 Å². The molecule has 10 heteroatoms. The van der Waals surface area contributed by atoms with Crippen molar-refractivity contribution in [3.05, 3.63) is 81.9 Å². The second-order valence-corrected chi connectivity index (χ2v) is 9.11. The molecule has 4 N–H and O–H groups in total. The van der Waals surface area contributed by atoms with Crippen molar-refractivity contribution >= 4 is 39.4 Å². The molecule has 3 aromatic carbocycles. The van der Waals surface area contributed by atoms with Gasteiger partial charge in [0, 0.05) is 5.56 Å². The number of aromatic hydroxyl groups is 2. The number of aryl methyl sites for hydroxylation is 2. The van der Waals surface area contributed by atoms with Gasteiger partial charge in [0.1, 0.15) is 0 Å². The highest BCUT2D eigenvalue weighted by Crippen LogP contribution is 2.33. The predicted molar refractivity (Wildman–Crippen MR) is 123 cm³/mol. The SMILES string of the molecule is Cc1ccc(NS(=O)(=O)c2cccc(C(=O)N/N=C/c3cc(O)c(O)c(Cl)c3)c2)c(C)c1. The summed E-state index contributed by atoms with van der Waals surface area (Å²) in [4.78, 5) is 12.3. The molecule has 3 rings (SSSR count). The van der Waals surface area contributed by atoms with Crippen molar-refractivity contribution in [2.75, 3.05) is 4.72 Å². The normalized spacial score (nSPS) is 11.5. The molecular formula is C22H20ClN3O5S. The summed E-state index contributed by atoms with van der Waals surface area (Å²) in [7, 11) is -3.92. The van der Waals surface area contributed by atoms with E-state index in [1.54, 1.807) is 19.1 Å². The maximum Gasteiger partial charge on any atom is 0.271 e. The molecule has 0 aliphatic heterocycles. The Morgan fingerprint density at radius 2 is 1.81 bits per heavy atom. The highest BCUT2D eigenvalue weighted by atomic mass is 35.5. The molecule has 0 atom stereocenters. The summed E-state index contributed by atoms with van der Waals surface area (Å²) in [5.41, 5.74) is 4.92. The molecule has 0 radical (unpaired) electrons. The number of rotatable bonds is 6. The third kappa shape index (κ3) is 5.37. The first-order valence-electron chi connectivity index (χ1n) is 9.32. The van der Waals surface area contributed by atoms with Crippen LogP contribution in [0.5, 0.6) is 11.5 Å². The van der Waals surface area contributed by atoms with E-state index in [0.29, 0.717) is 11.3 Å². The first kappa shape index (κ1) is 23.1. The molecule has 0 aromatic heterocycles. The molecule has 1 amide bonds. The number of carbonyl (C=O) groups excluding carboxylic acids is 1. The maximum atomic E-state index is 12.8. The lowest BCUT2D eigenvalue weighted by Crippen LogP contribution is -2.19. The van der Waals surface area contributed by atoms with Crippen LogP contribution in [-0.4, -0.2) is 30.8 Å². The van der Waals surface area contributed by atoms with Crippen LogP contribution in [0.25, 0.3) is 0 Å². The van der Waals surface area contributed by atoms with E-state index in [9.17, 15) is 23.4 Å². The van der Waals surface area contributed by atoms with Crippen molar-refractivity contribution in [3.63, 3.8) is 0 Å². The van der Waals surface area contributed by atoms with E-state index in [0.717, 1.165) is 11.1 Å². The van der Waals surface area contributed by atoms with Crippen LogP contribution in [0.15, 0.2) is 64.6 Å². The zero-order chi connectivity index (χ0) is 23.5. The molecule has 0 aliphatic rings. The Bertz CT molecular complexity index is 1300. The molecule has 3 aromatic rings. The first-order valence-corrected chi connectivity index (χ1v) is 11.2. The minimum atomic E-state index is -3.92. The first-order chi connectivity index (χ1) is 15.1. The second-order valence-electron chi connectivity index (χ2n) is 7.02. The van der Waals surface area contributed by atoms with Gasteiger partial charge in [0.05, 0.1) is 21.8 Å². The van der Waals surface area contributed by atoms with Crippen LogP contribution < -0.4 is 10.1 Å². The van der Waals surface area contributed by atoms with Crippen molar-refractivity contribution in [3.8, 4) is 11.5 Å². The van der Waals surface area contributed by atoms with Gasteiger partial charge in [-0.3, -0.25) is 9.52 Å². The monoisotopic (exact) mass is 473 g/mol. The van der Waals surface area contributed by atoms with Crippen molar-refractivity contribution in [1.29, 1.82) is 0 Å². The maximum absolute atomic E-state index is 12.8. The van der Waals surface area contributed by atoms with Crippen molar-refractivity contribution in [2.45, 2.75) is 18.7 Å². The number of hydrazone groups is 1. The molecular weight excluding hydrogens is 454 g/mol. The third-order valence-electron chi connectivity index (χ3n) is 4.48. The zero-order valence-corrected chi connectivity index (χ0v) is 18.7. The largest absolute Gasteiger partial charge is 0.504 e. The molecule has 0 saturated heterocycles. The third-order valence-corrected chi connectivity index (χ3v) is 6.13. The number of nitrogens with zero attached hydrogens (tertiary/aromatic N) is 1. The van der Waals surface area contributed by atoms with Crippen molar-refractivity contribution < 1.29 is 23.4 Å². The number of nitrogens with one attached hydrogen (secondary N) is 2. The van der Waals surface area contributed by atoms with Gasteiger partial charge in [-0.2, -0.15) is 5.10 Å². The minimum Gasteiger partial charge on any atom is -0.504 e. The molecule has 0 bridgehead atoms. The number of hydrogen-bond donors (Lipinski definition) is 4. The number of phenolic OH excluding ortho intramolecular Hbond substituents is 2. The lowest BCUT2D eigenvalue weighted by molar-refractivity contribution is 0.0955. The van der Waals surface area contributed by atoms with Crippen LogP contribution in [-0.2, 0) is 10.0 Å². The van der Waals surface area contributed by atoms with E-state index in [1.807, 2.05) is 13.0 Å². The van der Waals surface area contributed by atoms with E-state index in [-0.39, 0.29) is 15.5 Å². The number of benzene rings is 3. The van der Waals surface area contributed by atoms with Crippen LogP contribution in [0.4, 0.5) is 5.69 Å². The minimum absolute atomic E-state index is 0.0769. The summed E-state index contributed by atoms with van der Waals surface area (Å²) in [6.45, 7) is 3.71. The number of halogens is 1. The molecule has 0 saturated carbocycles. The van der Waals surface area contributed by atoms with Gasteiger partial charge in [-0.15, -0.1) is 0 Å².